The van der Waals surface area contributed by atoms with E-state index in [0.717, 1.165) is 0 Å². The van der Waals surface area contributed by atoms with Crippen molar-refractivity contribution in [3.05, 3.63) is 32.6 Å². The summed E-state index contributed by atoms with van der Waals surface area (Å²) in [6.07, 6.45) is 0. The number of carbonyl (C=O) groups is 1. The maximum absolute atomic E-state index is 11.2. The topological polar surface area (TPSA) is 58.5 Å². The first-order chi connectivity index (χ1) is 6.65. The van der Waals surface area contributed by atoms with Crippen LogP contribution in [0.3, 0.4) is 0 Å². The van der Waals surface area contributed by atoms with Crippen LogP contribution in [0, 0.1) is 4.91 Å². The lowest BCUT2D eigenvalue weighted by Crippen LogP contribution is -2.09. The Kier molecular flexibility index (Phi) is 2.17. The fourth-order valence-electron chi connectivity index (χ4n) is 1.38. The molecule has 1 amide bonds. The van der Waals surface area contributed by atoms with Gasteiger partial charge in [-0.05, 0) is 12.1 Å². The van der Waals surface area contributed by atoms with Crippen molar-refractivity contribution < 1.29 is 4.79 Å². The van der Waals surface area contributed by atoms with Crippen molar-refractivity contribution in [1.82, 2.24) is 0 Å². The molecule has 0 aliphatic carbocycles. The van der Waals surface area contributed by atoms with Crippen LogP contribution in [0.15, 0.2) is 17.3 Å². The Labute approximate surface area is 89.2 Å². The minimum atomic E-state index is -1.09. The van der Waals surface area contributed by atoms with Crippen molar-refractivity contribution in [3.8, 4) is 0 Å². The van der Waals surface area contributed by atoms with Gasteiger partial charge < -0.3 is 5.32 Å². The van der Waals surface area contributed by atoms with Crippen molar-refractivity contribution >= 4 is 34.8 Å². The Morgan fingerprint density at radius 3 is 2.71 bits per heavy atom. The predicted molar refractivity (Wildman–Crippen MR) is 53.6 cm³/mol. The molecule has 0 fully saturated rings. The van der Waals surface area contributed by atoms with Gasteiger partial charge in [0.2, 0.25) is 0 Å². The molecule has 0 aromatic heterocycles. The summed E-state index contributed by atoms with van der Waals surface area (Å²) in [6.45, 7) is 0. The maximum Gasteiger partial charge on any atom is 0.257 e. The van der Waals surface area contributed by atoms with Gasteiger partial charge in [-0.15, -0.1) is 4.91 Å². The summed E-state index contributed by atoms with van der Waals surface area (Å²) in [5.41, 5.74) is 0.855. The van der Waals surface area contributed by atoms with E-state index < -0.39 is 11.9 Å². The maximum atomic E-state index is 11.2. The van der Waals surface area contributed by atoms with E-state index in [1.807, 2.05) is 0 Å². The zero-order valence-electron chi connectivity index (χ0n) is 6.75. The molecule has 1 aromatic carbocycles. The molecule has 1 aliphatic heterocycles. The SMILES string of the molecule is O=NC1C(=O)Nc2ccc(Cl)c(Cl)c21. The highest BCUT2D eigenvalue weighted by atomic mass is 35.5. The third kappa shape index (κ3) is 1.19. The molecule has 1 aromatic rings. The Morgan fingerprint density at radius 2 is 2.07 bits per heavy atom. The van der Waals surface area contributed by atoms with Crippen LogP contribution in [0.2, 0.25) is 10.0 Å². The number of carbonyl (C=O) groups excluding carboxylic acids is 1. The number of nitrogens with zero attached hydrogens (tertiary/aromatic N) is 1. The number of nitroso groups, excluding NO2 is 1. The van der Waals surface area contributed by atoms with Gasteiger partial charge >= 0.3 is 0 Å². The van der Waals surface area contributed by atoms with Gasteiger partial charge in [-0.2, -0.15) is 0 Å². The second-order valence-corrected chi connectivity index (χ2v) is 3.60. The predicted octanol–water partition coefficient (Wildman–Crippen LogP) is 2.75. The van der Waals surface area contributed by atoms with Crippen molar-refractivity contribution in [2.45, 2.75) is 6.04 Å². The molecular weight excluding hydrogens is 227 g/mol. The normalized spacial score (nSPS) is 19.0. The monoisotopic (exact) mass is 230 g/mol. The molecule has 1 N–H and O–H groups in total. The van der Waals surface area contributed by atoms with Crippen LogP contribution in [-0.2, 0) is 4.79 Å². The number of rotatable bonds is 1. The third-order valence-electron chi connectivity index (χ3n) is 2.02. The number of hydrogen-bond donors (Lipinski definition) is 1. The van der Waals surface area contributed by atoms with E-state index in [-0.39, 0.29) is 5.02 Å². The van der Waals surface area contributed by atoms with Crippen LogP contribution < -0.4 is 5.32 Å². The van der Waals surface area contributed by atoms with Crippen molar-refractivity contribution in [1.29, 1.82) is 0 Å². The smallest absolute Gasteiger partial charge is 0.257 e. The van der Waals surface area contributed by atoms with E-state index in [9.17, 15) is 9.70 Å². The van der Waals surface area contributed by atoms with E-state index >= 15 is 0 Å². The molecule has 2 rings (SSSR count). The number of fused-ring (bicyclic) bond motifs is 1. The van der Waals surface area contributed by atoms with Gasteiger partial charge in [-0.1, -0.05) is 28.4 Å². The second kappa shape index (κ2) is 3.22. The van der Waals surface area contributed by atoms with Gasteiger partial charge in [0.05, 0.1) is 10.0 Å². The standard InChI is InChI=1S/C8H4Cl2N2O2/c9-3-1-2-4-5(6(3)10)7(12-14)8(13)11-4/h1-2,7H,(H,11,13). The highest BCUT2D eigenvalue weighted by Crippen LogP contribution is 2.41. The van der Waals surface area contributed by atoms with Crippen molar-refractivity contribution in [2.24, 2.45) is 5.18 Å². The summed E-state index contributed by atoms with van der Waals surface area (Å²) < 4.78 is 0. The molecule has 1 heterocycles. The Balaban J connectivity index is 2.66. The quantitative estimate of drug-likeness (QED) is 0.755. The molecule has 14 heavy (non-hydrogen) atoms. The van der Waals surface area contributed by atoms with Gasteiger partial charge in [0.1, 0.15) is 0 Å². The molecule has 0 saturated carbocycles. The molecule has 1 aliphatic rings. The lowest BCUT2D eigenvalue weighted by molar-refractivity contribution is -0.116. The summed E-state index contributed by atoms with van der Waals surface area (Å²) in [4.78, 5) is 21.7. The lowest BCUT2D eigenvalue weighted by Gasteiger charge is -2.03. The Hall–Kier alpha value is -1.13. The van der Waals surface area contributed by atoms with E-state index in [4.69, 9.17) is 23.2 Å². The number of anilines is 1. The fraction of sp³-hybridized carbons (Fsp3) is 0.125. The highest BCUT2D eigenvalue weighted by molar-refractivity contribution is 6.43. The van der Waals surface area contributed by atoms with Crippen LogP contribution in [0.5, 0.6) is 0 Å². The highest BCUT2D eigenvalue weighted by Gasteiger charge is 2.34. The summed E-state index contributed by atoms with van der Waals surface area (Å²) in [5, 5.41) is 5.70. The average Bonchev–Trinajstić information content (AvgIpc) is 2.48. The lowest BCUT2D eigenvalue weighted by atomic mass is 10.1. The first kappa shape index (κ1) is 9.43. The molecule has 0 saturated heterocycles. The minimum Gasteiger partial charge on any atom is -0.323 e. The summed E-state index contributed by atoms with van der Waals surface area (Å²) >= 11 is 11.6. The number of benzene rings is 1. The molecule has 72 valence electrons. The van der Waals surface area contributed by atoms with Crippen LogP contribution in [-0.4, -0.2) is 5.91 Å². The molecule has 0 bridgehead atoms. The van der Waals surface area contributed by atoms with E-state index in [2.05, 4.69) is 10.5 Å². The average molecular weight is 231 g/mol. The zero-order chi connectivity index (χ0) is 10.3. The molecule has 0 spiro atoms. The first-order valence-corrected chi connectivity index (χ1v) is 4.52. The largest absolute Gasteiger partial charge is 0.323 e. The van der Waals surface area contributed by atoms with Crippen LogP contribution in [0.1, 0.15) is 11.6 Å². The van der Waals surface area contributed by atoms with Crippen molar-refractivity contribution in [3.63, 3.8) is 0 Å². The Morgan fingerprint density at radius 1 is 1.36 bits per heavy atom. The van der Waals surface area contributed by atoms with Gasteiger partial charge in [0, 0.05) is 11.3 Å². The van der Waals surface area contributed by atoms with Gasteiger partial charge in [-0.25, -0.2) is 0 Å². The summed E-state index contributed by atoms with van der Waals surface area (Å²) in [5.74, 6) is -0.473. The zero-order valence-corrected chi connectivity index (χ0v) is 8.26. The first-order valence-electron chi connectivity index (χ1n) is 3.76. The van der Waals surface area contributed by atoms with Gasteiger partial charge in [-0.3, -0.25) is 4.79 Å². The van der Waals surface area contributed by atoms with E-state index in [1.54, 1.807) is 12.1 Å². The number of amides is 1. The summed E-state index contributed by atoms with van der Waals surface area (Å²) in [7, 11) is 0. The number of halogens is 2. The van der Waals surface area contributed by atoms with Crippen LogP contribution in [0.25, 0.3) is 0 Å². The van der Waals surface area contributed by atoms with Crippen LogP contribution in [0.4, 0.5) is 5.69 Å². The van der Waals surface area contributed by atoms with E-state index in [0.29, 0.717) is 16.3 Å². The van der Waals surface area contributed by atoms with Crippen molar-refractivity contribution in [2.75, 3.05) is 5.32 Å². The molecule has 0 radical (unpaired) electrons. The second-order valence-electron chi connectivity index (χ2n) is 2.82. The molecular formula is C8H4Cl2N2O2. The van der Waals surface area contributed by atoms with Crippen LogP contribution >= 0.6 is 23.2 Å². The fourth-order valence-corrected chi connectivity index (χ4v) is 1.81. The molecule has 1 atom stereocenters. The third-order valence-corrected chi connectivity index (χ3v) is 2.84. The Bertz CT molecular complexity index is 434. The van der Waals surface area contributed by atoms with Gasteiger partial charge in [0.25, 0.3) is 5.91 Å². The minimum absolute atomic E-state index is 0.201. The number of nitrogens with one attached hydrogen (secondary N) is 1. The number of hydrogen-bond acceptors (Lipinski definition) is 3. The molecule has 6 heteroatoms. The van der Waals surface area contributed by atoms with Gasteiger partial charge in [0.15, 0.2) is 6.04 Å². The molecule has 4 nitrogen and oxygen atoms in total. The molecule has 1 unspecified atom stereocenters. The van der Waals surface area contributed by atoms with E-state index in [1.165, 1.54) is 0 Å². The summed E-state index contributed by atoms with van der Waals surface area (Å²) in [6, 6.07) is 2.05.